The molecule has 0 unspecified atom stereocenters. The van der Waals surface area contributed by atoms with E-state index in [9.17, 15) is 14.4 Å². The molecule has 0 radical (unpaired) electrons. The highest BCUT2D eigenvalue weighted by Gasteiger charge is 2.55. The number of hydrogen-bond donors (Lipinski definition) is 0. The monoisotopic (exact) mass is 284 g/mol. The van der Waals surface area contributed by atoms with Crippen LogP contribution in [0.1, 0.15) is 45.4 Å². The summed E-state index contributed by atoms with van der Waals surface area (Å²) in [5, 5.41) is 0. The van der Waals surface area contributed by atoms with Crippen LogP contribution < -0.4 is 0 Å². The summed E-state index contributed by atoms with van der Waals surface area (Å²) in [6.45, 7) is 2.15. The van der Waals surface area contributed by atoms with E-state index >= 15 is 0 Å². The molecule has 4 atom stereocenters. The highest BCUT2D eigenvalue weighted by atomic mass is 16.2. The summed E-state index contributed by atoms with van der Waals surface area (Å²) >= 11 is 0. The van der Waals surface area contributed by atoms with Gasteiger partial charge in [0.15, 0.2) is 0 Å². The topological polar surface area (TPSA) is 51.2 Å². The molecule has 3 saturated carbocycles. The first kappa shape index (κ1) is 13.2. The summed E-state index contributed by atoms with van der Waals surface area (Å²) in [5.41, 5.74) is 2.06. The zero-order chi connectivity index (χ0) is 14.8. The Morgan fingerprint density at radius 2 is 1.76 bits per heavy atom. The largest absolute Gasteiger partial charge is 0.299 e. The minimum Gasteiger partial charge on any atom is -0.299 e. The molecular formula is C18H20O3. The maximum absolute atomic E-state index is 12.3. The van der Waals surface area contributed by atoms with Crippen LogP contribution in [0.25, 0.3) is 0 Å². The predicted molar refractivity (Wildman–Crippen MR) is 77.5 cm³/mol. The van der Waals surface area contributed by atoms with Gasteiger partial charge in [0.2, 0.25) is 11.6 Å². The van der Waals surface area contributed by atoms with E-state index in [1.165, 1.54) is 0 Å². The Morgan fingerprint density at radius 3 is 2.57 bits per heavy atom. The van der Waals surface area contributed by atoms with Gasteiger partial charge in [0.25, 0.3) is 0 Å². The fraction of sp³-hybridized carbons (Fsp3) is 0.611. The molecule has 0 N–H and O–H groups in total. The smallest absolute Gasteiger partial charge is 0.226 e. The fourth-order valence-corrected chi connectivity index (χ4v) is 5.35. The second kappa shape index (κ2) is 4.25. The normalized spacial score (nSPS) is 42.0. The molecule has 0 heterocycles. The summed E-state index contributed by atoms with van der Waals surface area (Å²) in [7, 11) is 0. The van der Waals surface area contributed by atoms with E-state index in [4.69, 9.17) is 0 Å². The number of rotatable bonds is 0. The highest BCUT2D eigenvalue weighted by Crippen LogP contribution is 2.59. The first-order valence-electron chi connectivity index (χ1n) is 8.05. The van der Waals surface area contributed by atoms with E-state index in [0.717, 1.165) is 49.7 Å². The van der Waals surface area contributed by atoms with Crippen LogP contribution in [-0.2, 0) is 14.4 Å². The summed E-state index contributed by atoms with van der Waals surface area (Å²) < 4.78 is 0. The van der Waals surface area contributed by atoms with Gasteiger partial charge in [-0.15, -0.1) is 0 Å². The molecule has 4 rings (SSSR count). The van der Waals surface area contributed by atoms with E-state index in [0.29, 0.717) is 23.5 Å². The van der Waals surface area contributed by atoms with Gasteiger partial charge in [0.05, 0.1) is 0 Å². The average Bonchev–Trinajstić information content (AvgIpc) is 2.76. The van der Waals surface area contributed by atoms with Crippen molar-refractivity contribution in [2.45, 2.75) is 45.4 Å². The highest BCUT2D eigenvalue weighted by molar-refractivity contribution is 6.46. The minimum atomic E-state index is -0.371. The van der Waals surface area contributed by atoms with Crippen LogP contribution in [-0.4, -0.2) is 17.3 Å². The Hall–Kier alpha value is -1.51. The maximum Gasteiger partial charge on any atom is 0.226 e. The van der Waals surface area contributed by atoms with Crippen molar-refractivity contribution in [1.82, 2.24) is 0 Å². The molecule has 0 saturated heterocycles. The molecule has 4 aliphatic rings. The molecule has 21 heavy (non-hydrogen) atoms. The number of allylic oxidation sites excluding steroid dienone is 4. The van der Waals surface area contributed by atoms with Gasteiger partial charge in [0, 0.05) is 11.8 Å². The van der Waals surface area contributed by atoms with Crippen molar-refractivity contribution in [2.75, 3.05) is 0 Å². The van der Waals surface area contributed by atoms with Gasteiger partial charge in [-0.25, -0.2) is 0 Å². The van der Waals surface area contributed by atoms with Gasteiger partial charge < -0.3 is 0 Å². The van der Waals surface area contributed by atoms with Crippen LogP contribution in [0.3, 0.4) is 0 Å². The first-order chi connectivity index (χ1) is 10.0. The third-order valence-corrected chi connectivity index (χ3v) is 6.50. The molecular weight excluding hydrogens is 264 g/mol. The van der Waals surface area contributed by atoms with Crippen LogP contribution >= 0.6 is 0 Å². The number of carbonyl (C=O) groups excluding carboxylic acids is 3. The standard InChI is InChI=1S/C18H20O3/c1-18-7-6-11-12(14(18)4-5-17(18)21)3-2-10-8-15(19)16(20)9-13(10)11/h8-9,11-12,14H,2-7H2,1H3/t11-,12+,14-,18-/m0/s1. The van der Waals surface area contributed by atoms with Crippen molar-refractivity contribution >= 4 is 17.3 Å². The molecule has 3 fully saturated rings. The van der Waals surface area contributed by atoms with Crippen molar-refractivity contribution < 1.29 is 14.4 Å². The van der Waals surface area contributed by atoms with Gasteiger partial charge in [-0.2, -0.15) is 0 Å². The maximum atomic E-state index is 12.3. The molecule has 0 aliphatic heterocycles. The third-order valence-electron chi connectivity index (χ3n) is 6.50. The SMILES string of the molecule is C[C@]12CC[C@@H]3C4=CC(=O)C(=O)C=C4CC[C@H]3[C@@H]1CCC2=O. The lowest BCUT2D eigenvalue weighted by Crippen LogP contribution is -2.44. The second-order valence-corrected chi connectivity index (χ2v) is 7.33. The van der Waals surface area contributed by atoms with Gasteiger partial charge >= 0.3 is 0 Å². The molecule has 110 valence electrons. The summed E-state index contributed by atoms with van der Waals surface area (Å²) in [5.74, 6) is 1.06. The Morgan fingerprint density at radius 1 is 1.00 bits per heavy atom. The van der Waals surface area contributed by atoms with Crippen LogP contribution in [0.2, 0.25) is 0 Å². The van der Waals surface area contributed by atoms with Gasteiger partial charge in [-0.3, -0.25) is 14.4 Å². The average molecular weight is 284 g/mol. The summed E-state index contributed by atoms with van der Waals surface area (Å²) in [4.78, 5) is 35.6. The number of fused-ring (bicyclic) bond motifs is 5. The van der Waals surface area contributed by atoms with E-state index in [2.05, 4.69) is 6.92 Å². The van der Waals surface area contributed by atoms with Crippen LogP contribution in [0, 0.1) is 23.2 Å². The van der Waals surface area contributed by atoms with Crippen molar-refractivity contribution in [3.63, 3.8) is 0 Å². The summed E-state index contributed by atoms with van der Waals surface area (Å²) in [6.07, 6.45) is 8.74. The number of carbonyl (C=O) groups is 3. The Balaban J connectivity index is 1.71. The molecule has 4 aliphatic carbocycles. The molecule has 0 amide bonds. The lowest BCUT2D eigenvalue weighted by molar-refractivity contribution is -0.131. The van der Waals surface area contributed by atoms with Gasteiger partial charge in [-0.05, 0) is 73.2 Å². The van der Waals surface area contributed by atoms with Gasteiger partial charge in [0.1, 0.15) is 5.78 Å². The van der Waals surface area contributed by atoms with Crippen LogP contribution in [0.5, 0.6) is 0 Å². The van der Waals surface area contributed by atoms with E-state index in [1.807, 2.05) is 0 Å². The zero-order valence-corrected chi connectivity index (χ0v) is 12.4. The molecule has 0 aromatic rings. The minimum absolute atomic E-state index is 0.128. The molecule has 0 bridgehead atoms. The van der Waals surface area contributed by atoms with Crippen molar-refractivity contribution in [1.29, 1.82) is 0 Å². The second-order valence-electron chi connectivity index (χ2n) is 7.33. The number of ketones is 3. The predicted octanol–water partition coefficient (Wildman–Crippen LogP) is 2.80. The molecule has 3 heteroatoms. The Labute approximate surface area is 124 Å². The Kier molecular flexibility index (Phi) is 2.66. The molecule has 3 nitrogen and oxygen atoms in total. The number of Topliss-reactive ketones (excluding diaryl/α,β-unsaturated/α-hetero) is 1. The number of hydrogen-bond acceptors (Lipinski definition) is 3. The quantitative estimate of drug-likeness (QED) is 0.507. The molecule has 0 spiro atoms. The molecule has 0 aromatic carbocycles. The zero-order valence-electron chi connectivity index (χ0n) is 12.4. The van der Waals surface area contributed by atoms with Crippen molar-refractivity contribution in [3.05, 3.63) is 23.3 Å². The van der Waals surface area contributed by atoms with Gasteiger partial charge in [-0.1, -0.05) is 6.92 Å². The third kappa shape index (κ3) is 1.69. The van der Waals surface area contributed by atoms with Crippen LogP contribution in [0.4, 0.5) is 0 Å². The van der Waals surface area contributed by atoms with Crippen LogP contribution in [0.15, 0.2) is 23.3 Å². The van der Waals surface area contributed by atoms with E-state index in [-0.39, 0.29) is 17.0 Å². The van der Waals surface area contributed by atoms with Crippen molar-refractivity contribution in [3.8, 4) is 0 Å². The fourth-order valence-electron chi connectivity index (χ4n) is 5.35. The molecule has 0 aromatic heterocycles. The van der Waals surface area contributed by atoms with E-state index < -0.39 is 0 Å². The Bertz CT molecular complexity index is 624. The summed E-state index contributed by atoms with van der Waals surface area (Å²) in [6, 6.07) is 0. The first-order valence-corrected chi connectivity index (χ1v) is 8.05. The lowest BCUT2D eigenvalue weighted by atomic mass is 9.54. The lowest BCUT2D eigenvalue weighted by Gasteiger charge is -2.49. The van der Waals surface area contributed by atoms with Crippen molar-refractivity contribution in [2.24, 2.45) is 23.2 Å². The van der Waals surface area contributed by atoms with E-state index in [1.54, 1.807) is 12.2 Å².